The van der Waals surface area contributed by atoms with Crippen molar-refractivity contribution < 1.29 is 0 Å². The van der Waals surface area contributed by atoms with E-state index in [1.807, 2.05) is 18.2 Å². The maximum atomic E-state index is 6.28. The third kappa shape index (κ3) is 2.67. The van der Waals surface area contributed by atoms with Crippen molar-refractivity contribution in [3.05, 3.63) is 51.5 Å². The van der Waals surface area contributed by atoms with Crippen molar-refractivity contribution in [1.82, 2.24) is 5.32 Å². The lowest BCUT2D eigenvalue weighted by molar-refractivity contribution is 0.440. The van der Waals surface area contributed by atoms with Gasteiger partial charge in [-0.15, -0.1) is 0 Å². The molecule has 0 saturated carbocycles. The zero-order valence-corrected chi connectivity index (χ0v) is 14.4. The fourth-order valence-electron chi connectivity index (χ4n) is 3.68. The summed E-state index contributed by atoms with van der Waals surface area (Å²) in [7, 11) is 0. The second kappa shape index (κ2) is 5.90. The number of nitrogens with one attached hydrogen (secondary N) is 3. The average molecular weight is 348 g/mol. The molecule has 4 rings (SSSR count). The second-order valence-corrected chi connectivity index (χ2v) is 7.14. The molecular formula is C18H19Cl2N3. The minimum atomic E-state index is 0.529. The molecule has 2 aliphatic heterocycles. The van der Waals surface area contributed by atoms with Crippen molar-refractivity contribution in [3.63, 3.8) is 0 Å². The van der Waals surface area contributed by atoms with E-state index in [1.54, 1.807) is 0 Å². The van der Waals surface area contributed by atoms with E-state index in [4.69, 9.17) is 23.2 Å². The molecule has 23 heavy (non-hydrogen) atoms. The molecule has 120 valence electrons. The van der Waals surface area contributed by atoms with Crippen molar-refractivity contribution in [2.45, 2.75) is 25.3 Å². The molecule has 0 aliphatic carbocycles. The van der Waals surface area contributed by atoms with Crippen LogP contribution in [0.3, 0.4) is 0 Å². The number of anilines is 3. The van der Waals surface area contributed by atoms with E-state index in [9.17, 15) is 0 Å². The van der Waals surface area contributed by atoms with Gasteiger partial charge in [0.05, 0.1) is 15.7 Å². The summed E-state index contributed by atoms with van der Waals surface area (Å²) in [5.41, 5.74) is 5.72. The largest absolute Gasteiger partial charge is 0.381 e. The molecule has 0 amide bonds. The molecule has 2 aliphatic rings. The van der Waals surface area contributed by atoms with E-state index in [2.05, 4.69) is 35.0 Å². The van der Waals surface area contributed by atoms with Gasteiger partial charge in [0.25, 0.3) is 0 Å². The van der Waals surface area contributed by atoms with Crippen LogP contribution in [0.5, 0.6) is 0 Å². The topological polar surface area (TPSA) is 36.1 Å². The van der Waals surface area contributed by atoms with Crippen LogP contribution in [0, 0.1) is 6.92 Å². The first kappa shape index (κ1) is 15.1. The van der Waals surface area contributed by atoms with Crippen LogP contribution in [0.15, 0.2) is 30.3 Å². The molecule has 2 aromatic carbocycles. The van der Waals surface area contributed by atoms with Crippen molar-refractivity contribution in [2.24, 2.45) is 0 Å². The van der Waals surface area contributed by atoms with Gasteiger partial charge in [0, 0.05) is 29.9 Å². The highest BCUT2D eigenvalue weighted by atomic mass is 35.5. The minimum absolute atomic E-state index is 0.529. The number of fused-ring (bicyclic) bond motifs is 3. The van der Waals surface area contributed by atoms with E-state index in [1.165, 1.54) is 16.8 Å². The van der Waals surface area contributed by atoms with E-state index in [0.29, 0.717) is 22.0 Å². The minimum Gasteiger partial charge on any atom is -0.381 e. The summed E-state index contributed by atoms with van der Waals surface area (Å²) in [5, 5.41) is 11.9. The molecule has 1 fully saturated rings. The SMILES string of the molecule is Cc1cc(Nc2c(Cl)cccc2Cl)cc2c1N[C@H]1CCNC[C@@H]21. The average Bonchev–Trinajstić information content (AvgIpc) is 2.91. The Kier molecular flexibility index (Phi) is 3.88. The van der Waals surface area contributed by atoms with Crippen LogP contribution in [0.1, 0.15) is 23.5 Å². The first-order chi connectivity index (χ1) is 11.1. The fraction of sp³-hybridized carbons (Fsp3) is 0.333. The van der Waals surface area contributed by atoms with Crippen LogP contribution >= 0.6 is 23.2 Å². The molecule has 5 heteroatoms. The summed E-state index contributed by atoms with van der Waals surface area (Å²) in [6, 6.07) is 10.5. The van der Waals surface area contributed by atoms with Crippen molar-refractivity contribution >= 4 is 40.3 Å². The summed E-state index contributed by atoms with van der Waals surface area (Å²) in [5.74, 6) is 0.529. The number of aryl methyl sites for hydroxylation is 1. The number of hydrogen-bond acceptors (Lipinski definition) is 3. The Balaban J connectivity index is 1.71. The highest BCUT2D eigenvalue weighted by Crippen LogP contribution is 2.43. The Morgan fingerprint density at radius 3 is 2.74 bits per heavy atom. The Morgan fingerprint density at radius 2 is 1.96 bits per heavy atom. The lowest BCUT2D eigenvalue weighted by Gasteiger charge is -2.26. The van der Waals surface area contributed by atoms with E-state index >= 15 is 0 Å². The summed E-state index contributed by atoms with van der Waals surface area (Å²) in [4.78, 5) is 0. The molecule has 1 saturated heterocycles. The van der Waals surface area contributed by atoms with Crippen molar-refractivity contribution in [3.8, 4) is 0 Å². The Bertz CT molecular complexity index is 740. The van der Waals surface area contributed by atoms with Gasteiger partial charge in [-0.2, -0.15) is 0 Å². The van der Waals surface area contributed by atoms with Gasteiger partial charge >= 0.3 is 0 Å². The summed E-state index contributed by atoms with van der Waals surface area (Å²) < 4.78 is 0. The van der Waals surface area contributed by atoms with Crippen molar-refractivity contribution in [2.75, 3.05) is 23.7 Å². The van der Waals surface area contributed by atoms with Gasteiger partial charge in [-0.3, -0.25) is 0 Å². The fourth-order valence-corrected chi connectivity index (χ4v) is 4.17. The smallest absolute Gasteiger partial charge is 0.0762 e. The number of hydrogen-bond donors (Lipinski definition) is 3. The maximum Gasteiger partial charge on any atom is 0.0762 e. The standard InChI is InChI=1S/C18H19Cl2N3/c1-10-7-11(22-18-14(19)3-2-4-15(18)20)8-12-13-9-21-6-5-16(13)23-17(10)12/h2-4,7-8,13,16,21-23H,5-6,9H2,1H3/t13-,16-/m0/s1. The number of piperidine rings is 1. The molecule has 0 unspecified atom stereocenters. The van der Waals surface area contributed by atoms with Crippen LogP contribution in [-0.4, -0.2) is 19.1 Å². The maximum absolute atomic E-state index is 6.28. The molecular weight excluding hydrogens is 329 g/mol. The third-order valence-electron chi connectivity index (χ3n) is 4.81. The van der Waals surface area contributed by atoms with Gasteiger partial charge in [0.2, 0.25) is 0 Å². The molecule has 2 heterocycles. The van der Waals surface area contributed by atoms with Gasteiger partial charge in [0.1, 0.15) is 0 Å². The van der Waals surface area contributed by atoms with Crippen LogP contribution in [0.2, 0.25) is 10.0 Å². The van der Waals surface area contributed by atoms with Gasteiger partial charge in [0.15, 0.2) is 0 Å². The molecule has 2 atom stereocenters. The van der Waals surface area contributed by atoms with Gasteiger partial charge in [-0.05, 0) is 55.3 Å². The normalized spacial score (nSPS) is 22.2. The quantitative estimate of drug-likeness (QED) is 0.721. The number of halogens is 2. The molecule has 0 aromatic heterocycles. The molecule has 3 N–H and O–H groups in total. The summed E-state index contributed by atoms with van der Waals surface area (Å²) in [6.45, 7) is 4.26. The molecule has 0 spiro atoms. The zero-order chi connectivity index (χ0) is 16.0. The highest BCUT2D eigenvalue weighted by Gasteiger charge is 2.34. The zero-order valence-electron chi connectivity index (χ0n) is 12.9. The Hall–Kier alpha value is -1.42. The van der Waals surface area contributed by atoms with Crippen LogP contribution in [0.4, 0.5) is 17.1 Å². The van der Waals surface area contributed by atoms with E-state index in [-0.39, 0.29) is 0 Å². The lowest BCUT2D eigenvalue weighted by atomic mass is 9.89. The van der Waals surface area contributed by atoms with E-state index < -0.39 is 0 Å². The molecule has 0 radical (unpaired) electrons. The monoisotopic (exact) mass is 347 g/mol. The van der Waals surface area contributed by atoms with Gasteiger partial charge in [-0.25, -0.2) is 0 Å². The first-order valence-electron chi connectivity index (χ1n) is 7.96. The number of benzene rings is 2. The lowest BCUT2D eigenvalue weighted by Crippen LogP contribution is -2.38. The Labute approximate surface area is 146 Å². The predicted molar refractivity (Wildman–Crippen MR) is 98.6 cm³/mol. The highest BCUT2D eigenvalue weighted by molar-refractivity contribution is 6.39. The van der Waals surface area contributed by atoms with Gasteiger partial charge in [-0.1, -0.05) is 29.3 Å². The van der Waals surface area contributed by atoms with E-state index in [0.717, 1.165) is 30.9 Å². The second-order valence-electron chi connectivity index (χ2n) is 6.33. The first-order valence-corrected chi connectivity index (χ1v) is 8.72. The van der Waals surface area contributed by atoms with Crippen molar-refractivity contribution in [1.29, 1.82) is 0 Å². The third-order valence-corrected chi connectivity index (χ3v) is 5.44. The predicted octanol–water partition coefficient (Wildman–Crippen LogP) is 4.92. The molecule has 3 nitrogen and oxygen atoms in total. The summed E-state index contributed by atoms with van der Waals surface area (Å²) >= 11 is 12.6. The Morgan fingerprint density at radius 1 is 1.17 bits per heavy atom. The number of para-hydroxylation sites is 1. The van der Waals surface area contributed by atoms with Crippen LogP contribution in [0.25, 0.3) is 0 Å². The number of rotatable bonds is 2. The summed E-state index contributed by atoms with van der Waals surface area (Å²) in [6.07, 6.45) is 1.16. The van der Waals surface area contributed by atoms with Crippen LogP contribution < -0.4 is 16.0 Å². The molecule has 2 aromatic rings. The molecule has 0 bridgehead atoms. The van der Waals surface area contributed by atoms with Gasteiger partial charge < -0.3 is 16.0 Å². The van der Waals surface area contributed by atoms with Crippen LogP contribution in [-0.2, 0) is 0 Å².